The van der Waals surface area contributed by atoms with E-state index in [1.807, 2.05) is 6.07 Å². The minimum atomic E-state index is -4.52. The molecule has 2 heterocycles. The van der Waals surface area contributed by atoms with Crippen LogP contribution in [0, 0.1) is 5.82 Å². The van der Waals surface area contributed by atoms with Crippen molar-refractivity contribution in [2.24, 2.45) is 10.7 Å². The van der Waals surface area contributed by atoms with Gasteiger partial charge in [0.1, 0.15) is 5.82 Å². The molecule has 1 aliphatic heterocycles. The smallest absolute Gasteiger partial charge is 0.368 e. The Morgan fingerprint density at radius 3 is 2.47 bits per heavy atom. The maximum Gasteiger partial charge on any atom is 0.416 e. The van der Waals surface area contributed by atoms with Crippen LogP contribution in [0.25, 0.3) is 11.3 Å². The molecule has 1 fully saturated rings. The standard InChI is InChI=1S/C28H27F4N5O/c1-2-3-14-34-27(33)37-25(18-24(35-37)19-8-10-22(29)11-9-19)20-12-15-36(16-13-20)26(38)17-21-6-4-5-7-23(21)28(30,31)32/h2-11,14,18,20H,1,12-13,15-17H2,(H2,33,34)/b14-3-. The highest BCUT2D eigenvalue weighted by Gasteiger charge is 2.34. The van der Waals surface area contributed by atoms with Gasteiger partial charge < -0.3 is 10.6 Å². The molecule has 2 aromatic carbocycles. The first-order valence-corrected chi connectivity index (χ1v) is 12.1. The van der Waals surface area contributed by atoms with Gasteiger partial charge in [0.05, 0.1) is 23.4 Å². The lowest BCUT2D eigenvalue weighted by Crippen LogP contribution is -2.39. The monoisotopic (exact) mass is 525 g/mol. The number of hydrogen-bond acceptors (Lipinski definition) is 3. The normalized spacial score (nSPS) is 15.3. The van der Waals surface area contributed by atoms with E-state index in [1.165, 1.54) is 41.2 Å². The Labute approximate surface area is 217 Å². The molecule has 1 aliphatic rings. The molecule has 1 amide bonds. The zero-order valence-electron chi connectivity index (χ0n) is 20.5. The van der Waals surface area contributed by atoms with Crippen molar-refractivity contribution in [1.29, 1.82) is 0 Å². The van der Waals surface area contributed by atoms with E-state index in [0.717, 1.165) is 11.8 Å². The van der Waals surface area contributed by atoms with Crippen LogP contribution < -0.4 is 5.73 Å². The molecule has 198 valence electrons. The van der Waals surface area contributed by atoms with Gasteiger partial charge in [-0.05, 0) is 60.9 Å². The molecule has 1 aromatic heterocycles. The third-order valence-corrected chi connectivity index (χ3v) is 6.45. The quantitative estimate of drug-likeness (QED) is 0.199. The summed E-state index contributed by atoms with van der Waals surface area (Å²) in [6, 6.07) is 13.0. The number of carbonyl (C=O) groups is 1. The Morgan fingerprint density at radius 1 is 1.13 bits per heavy atom. The predicted molar refractivity (Wildman–Crippen MR) is 138 cm³/mol. The number of allylic oxidation sites excluding steroid dienone is 2. The van der Waals surface area contributed by atoms with Crippen molar-refractivity contribution in [3.05, 3.63) is 102 Å². The molecule has 38 heavy (non-hydrogen) atoms. The van der Waals surface area contributed by atoms with Gasteiger partial charge in [0.15, 0.2) is 0 Å². The highest BCUT2D eigenvalue weighted by molar-refractivity contribution is 5.82. The number of nitrogens with zero attached hydrogens (tertiary/aromatic N) is 4. The molecule has 0 saturated carbocycles. The molecule has 2 N–H and O–H groups in total. The summed E-state index contributed by atoms with van der Waals surface area (Å²) >= 11 is 0. The van der Waals surface area contributed by atoms with Crippen molar-refractivity contribution < 1.29 is 22.4 Å². The summed E-state index contributed by atoms with van der Waals surface area (Å²) in [7, 11) is 0. The van der Waals surface area contributed by atoms with Gasteiger partial charge in [0, 0.05) is 30.8 Å². The van der Waals surface area contributed by atoms with E-state index in [0.29, 0.717) is 37.2 Å². The van der Waals surface area contributed by atoms with E-state index in [4.69, 9.17) is 5.73 Å². The van der Waals surface area contributed by atoms with Crippen LogP contribution in [0.2, 0.25) is 0 Å². The number of carbonyl (C=O) groups excluding carboxylic acids is 1. The summed E-state index contributed by atoms with van der Waals surface area (Å²) < 4.78 is 55.0. The summed E-state index contributed by atoms with van der Waals surface area (Å²) in [5.41, 5.74) is 7.47. The van der Waals surface area contributed by atoms with Gasteiger partial charge in [-0.2, -0.15) is 18.3 Å². The summed E-state index contributed by atoms with van der Waals surface area (Å²) in [6.45, 7) is 4.35. The summed E-state index contributed by atoms with van der Waals surface area (Å²) in [4.78, 5) is 18.7. The first kappa shape index (κ1) is 26.8. The molecule has 1 saturated heterocycles. The Kier molecular flexibility index (Phi) is 8.09. The van der Waals surface area contributed by atoms with E-state index in [1.54, 1.807) is 29.2 Å². The third kappa shape index (κ3) is 6.19. The topological polar surface area (TPSA) is 76.5 Å². The van der Waals surface area contributed by atoms with Crippen LogP contribution in [-0.2, 0) is 17.4 Å². The Morgan fingerprint density at radius 2 is 1.82 bits per heavy atom. The van der Waals surface area contributed by atoms with Crippen LogP contribution in [0.1, 0.15) is 35.6 Å². The largest absolute Gasteiger partial charge is 0.416 e. The SMILES string of the molecule is C=C/C=C\N=C(N)n1nc(-c2ccc(F)cc2)cc1C1CCN(C(=O)Cc2ccccc2C(F)(F)F)CC1. The molecular weight excluding hydrogens is 498 g/mol. The van der Waals surface area contributed by atoms with Crippen LogP contribution >= 0.6 is 0 Å². The Bertz CT molecular complexity index is 1350. The summed E-state index contributed by atoms with van der Waals surface area (Å²) in [5, 5.41) is 4.60. The van der Waals surface area contributed by atoms with Crippen molar-refractivity contribution in [2.75, 3.05) is 13.1 Å². The van der Waals surface area contributed by atoms with Crippen LogP contribution in [0.15, 0.2) is 84.5 Å². The number of rotatable bonds is 6. The molecule has 0 bridgehead atoms. The van der Waals surface area contributed by atoms with Gasteiger partial charge in [-0.15, -0.1) is 0 Å². The molecular formula is C28H27F4N5O. The zero-order chi connectivity index (χ0) is 27.3. The van der Waals surface area contributed by atoms with E-state index in [9.17, 15) is 22.4 Å². The second-order valence-corrected chi connectivity index (χ2v) is 8.92. The number of piperidine rings is 1. The first-order valence-electron chi connectivity index (χ1n) is 12.1. The average Bonchev–Trinajstić information content (AvgIpc) is 3.35. The zero-order valence-corrected chi connectivity index (χ0v) is 20.5. The first-order chi connectivity index (χ1) is 18.2. The van der Waals surface area contributed by atoms with Crippen molar-refractivity contribution in [3.8, 4) is 11.3 Å². The van der Waals surface area contributed by atoms with E-state index < -0.39 is 11.7 Å². The molecule has 0 radical (unpaired) electrons. The second kappa shape index (κ2) is 11.5. The third-order valence-electron chi connectivity index (χ3n) is 6.45. The second-order valence-electron chi connectivity index (χ2n) is 8.92. The summed E-state index contributed by atoms with van der Waals surface area (Å²) in [6.07, 6.45) is 0.969. The molecule has 0 spiro atoms. The number of amides is 1. The molecule has 4 rings (SSSR count). The van der Waals surface area contributed by atoms with E-state index in [-0.39, 0.29) is 35.6 Å². The van der Waals surface area contributed by atoms with E-state index >= 15 is 0 Å². The predicted octanol–water partition coefficient (Wildman–Crippen LogP) is 5.52. The fourth-order valence-corrected chi connectivity index (χ4v) is 4.52. The fourth-order valence-electron chi connectivity index (χ4n) is 4.52. The van der Waals surface area contributed by atoms with E-state index in [2.05, 4.69) is 16.7 Å². The van der Waals surface area contributed by atoms with Crippen LogP contribution in [0.4, 0.5) is 17.6 Å². The molecule has 0 atom stereocenters. The molecule has 0 unspecified atom stereocenters. The summed E-state index contributed by atoms with van der Waals surface area (Å²) in [5.74, 6) is -0.607. The highest BCUT2D eigenvalue weighted by Crippen LogP contribution is 2.34. The van der Waals surface area contributed by atoms with Crippen molar-refractivity contribution >= 4 is 11.9 Å². The number of likely N-dealkylation sites (tertiary alicyclic amines) is 1. The lowest BCUT2D eigenvalue weighted by atomic mass is 9.92. The van der Waals surface area contributed by atoms with Gasteiger partial charge >= 0.3 is 6.18 Å². The van der Waals surface area contributed by atoms with Crippen molar-refractivity contribution in [2.45, 2.75) is 31.4 Å². The van der Waals surface area contributed by atoms with Gasteiger partial charge in [-0.25, -0.2) is 14.1 Å². The maximum absolute atomic E-state index is 13.4. The number of aromatic nitrogens is 2. The minimum absolute atomic E-state index is 0.0275. The highest BCUT2D eigenvalue weighted by atomic mass is 19.4. The molecule has 0 aliphatic carbocycles. The van der Waals surface area contributed by atoms with Gasteiger partial charge in [-0.1, -0.05) is 30.9 Å². The number of aliphatic imine (C=N–C) groups is 1. The van der Waals surface area contributed by atoms with Crippen LogP contribution in [0.5, 0.6) is 0 Å². The average molecular weight is 526 g/mol. The maximum atomic E-state index is 13.4. The molecule has 3 aromatic rings. The van der Waals surface area contributed by atoms with Gasteiger partial charge in [0.25, 0.3) is 0 Å². The van der Waals surface area contributed by atoms with Crippen LogP contribution in [0.3, 0.4) is 0 Å². The number of alkyl halides is 3. The molecule has 6 nitrogen and oxygen atoms in total. The minimum Gasteiger partial charge on any atom is -0.368 e. The lowest BCUT2D eigenvalue weighted by Gasteiger charge is -2.32. The lowest BCUT2D eigenvalue weighted by molar-refractivity contribution is -0.138. The Hall–Kier alpha value is -4.21. The number of halogens is 4. The van der Waals surface area contributed by atoms with Crippen molar-refractivity contribution in [3.63, 3.8) is 0 Å². The number of benzene rings is 2. The molecule has 10 heteroatoms. The van der Waals surface area contributed by atoms with Gasteiger partial charge in [-0.3, -0.25) is 4.79 Å². The van der Waals surface area contributed by atoms with Crippen LogP contribution in [-0.4, -0.2) is 39.6 Å². The fraction of sp³-hybridized carbons (Fsp3) is 0.250. The number of nitrogens with two attached hydrogens (primary N) is 1. The Balaban J connectivity index is 1.52. The van der Waals surface area contributed by atoms with Crippen molar-refractivity contribution in [1.82, 2.24) is 14.7 Å². The van der Waals surface area contributed by atoms with Gasteiger partial charge in [0.2, 0.25) is 11.9 Å². The number of hydrogen-bond donors (Lipinski definition) is 1.